The normalized spacial score (nSPS) is 28.8. The summed E-state index contributed by atoms with van der Waals surface area (Å²) in [5.41, 5.74) is 2.98. The molecule has 0 spiro atoms. The van der Waals surface area contributed by atoms with Crippen molar-refractivity contribution in [2.45, 2.75) is 71.6 Å². The number of hydrogen-bond donors (Lipinski definition) is 1. The van der Waals surface area contributed by atoms with Crippen molar-refractivity contribution in [1.29, 1.82) is 0 Å². The molecule has 0 radical (unpaired) electrons. The van der Waals surface area contributed by atoms with Crippen LogP contribution in [-0.4, -0.2) is 12.6 Å². The van der Waals surface area contributed by atoms with E-state index in [2.05, 4.69) is 42.6 Å². The standard InChI is InChI=1S/C28H37NO2.ClH/c1-3-30-27-14-22(9-10-26(27)31-19-21-7-5-4-6-8-21)18-29-20(2)28-15-23-11-24(16-28)13-25(12-23)17-28;/h4-10,14,20,23-25,29H,3,11-13,15-19H2,1-2H3;1H/p-1. The fraction of sp³-hybridized carbons (Fsp3) is 0.571. The monoisotopic (exact) mass is 454 g/mol. The maximum atomic E-state index is 6.08. The first-order valence-electron chi connectivity index (χ1n) is 12.3. The first kappa shape index (κ1) is 23.4. The number of nitrogens with one attached hydrogen (secondary N) is 1. The Balaban J connectivity index is 0.00000245. The molecule has 4 aliphatic rings. The minimum absolute atomic E-state index is 0. The van der Waals surface area contributed by atoms with E-state index in [4.69, 9.17) is 9.47 Å². The molecule has 0 heterocycles. The second-order valence-electron chi connectivity index (χ2n) is 10.4. The lowest BCUT2D eigenvalue weighted by atomic mass is 9.48. The molecular weight excluding hydrogens is 418 g/mol. The van der Waals surface area contributed by atoms with E-state index in [1.54, 1.807) is 0 Å². The molecule has 4 heteroatoms. The summed E-state index contributed by atoms with van der Waals surface area (Å²) in [6.45, 7) is 6.56. The smallest absolute Gasteiger partial charge is 0.161 e. The first-order valence-corrected chi connectivity index (χ1v) is 12.3. The average molecular weight is 455 g/mol. The van der Waals surface area contributed by atoms with Crippen LogP contribution in [0.25, 0.3) is 0 Å². The average Bonchev–Trinajstić information content (AvgIpc) is 2.77. The summed E-state index contributed by atoms with van der Waals surface area (Å²) in [5, 5.41) is 3.91. The molecule has 32 heavy (non-hydrogen) atoms. The summed E-state index contributed by atoms with van der Waals surface area (Å²) in [5.74, 6) is 4.67. The van der Waals surface area contributed by atoms with Crippen molar-refractivity contribution in [3.63, 3.8) is 0 Å². The predicted octanol–water partition coefficient (Wildman–Crippen LogP) is 3.36. The lowest BCUT2D eigenvalue weighted by Gasteiger charge is -2.59. The van der Waals surface area contributed by atoms with Gasteiger partial charge < -0.3 is 27.2 Å². The largest absolute Gasteiger partial charge is 1.00 e. The summed E-state index contributed by atoms with van der Waals surface area (Å²) >= 11 is 0. The van der Waals surface area contributed by atoms with Crippen LogP contribution in [-0.2, 0) is 13.2 Å². The van der Waals surface area contributed by atoms with E-state index >= 15 is 0 Å². The molecule has 1 unspecified atom stereocenters. The van der Waals surface area contributed by atoms with Gasteiger partial charge in [0.1, 0.15) is 6.61 Å². The van der Waals surface area contributed by atoms with Crippen LogP contribution in [0.1, 0.15) is 63.5 Å². The number of benzene rings is 2. The minimum atomic E-state index is 0. The van der Waals surface area contributed by atoms with Crippen molar-refractivity contribution < 1.29 is 21.9 Å². The highest BCUT2D eigenvalue weighted by Gasteiger charge is 2.52. The molecule has 1 atom stereocenters. The number of rotatable bonds is 9. The molecule has 3 nitrogen and oxygen atoms in total. The van der Waals surface area contributed by atoms with Crippen LogP contribution in [0.15, 0.2) is 48.5 Å². The van der Waals surface area contributed by atoms with Crippen LogP contribution in [0.4, 0.5) is 0 Å². The molecular formula is C28H37ClNO2-. The van der Waals surface area contributed by atoms with Gasteiger partial charge in [0, 0.05) is 12.6 Å². The molecule has 1 N–H and O–H groups in total. The van der Waals surface area contributed by atoms with E-state index in [1.165, 1.54) is 49.7 Å². The topological polar surface area (TPSA) is 30.5 Å². The van der Waals surface area contributed by atoms with Gasteiger partial charge in [-0.15, -0.1) is 0 Å². The molecule has 0 amide bonds. The maximum Gasteiger partial charge on any atom is 0.161 e. The van der Waals surface area contributed by atoms with Crippen molar-refractivity contribution in [2.75, 3.05) is 6.61 Å². The van der Waals surface area contributed by atoms with E-state index in [-0.39, 0.29) is 12.4 Å². The second kappa shape index (κ2) is 10.1. The zero-order valence-corrected chi connectivity index (χ0v) is 20.2. The molecule has 0 aliphatic heterocycles. The zero-order chi connectivity index (χ0) is 21.3. The van der Waals surface area contributed by atoms with E-state index in [0.717, 1.165) is 35.8 Å². The van der Waals surface area contributed by atoms with E-state index in [9.17, 15) is 0 Å². The van der Waals surface area contributed by atoms with E-state index in [0.29, 0.717) is 24.7 Å². The summed E-state index contributed by atoms with van der Waals surface area (Å²) < 4.78 is 12.0. The van der Waals surface area contributed by atoms with Crippen molar-refractivity contribution in [2.24, 2.45) is 23.2 Å². The predicted molar refractivity (Wildman–Crippen MR) is 125 cm³/mol. The minimum Gasteiger partial charge on any atom is -1.00 e. The highest BCUT2D eigenvalue weighted by atomic mass is 35.5. The maximum absolute atomic E-state index is 6.08. The molecule has 4 aliphatic carbocycles. The lowest BCUT2D eigenvalue weighted by molar-refractivity contribution is -0.0706. The van der Waals surface area contributed by atoms with Gasteiger partial charge in [-0.05, 0) is 98.8 Å². The SMILES string of the molecule is CCOc1cc(CNC(C)C23CC4CC(CC(C4)C2)C3)ccc1OCc1ccccc1.[Cl-]. The molecule has 2 aromatic carbocycles. The Bertz CT molecular complexity index is 849. The first-order chi connectivity index (χ1) is 15.1. The Labute approximate surface area is 199 Å². The second-order valence-corrected chi connectivity index (χ2v) is 10.4. The highest BCUT2D eigenvalue weighted by molar-refractivity contribution is 5.43. The number of halogens is 1. The van der Waals surface area contributed by atoms with Crippen LogP contribution in [0.5, 0.6) is 11.5 Å². The summed E-state index contributed by atoms with van der Waals surface area (Å²) in [4.78, 5) is 0. The molecule has 2 aromatic rings. The Hall–Kier alpha value is -1.71. The molecule has 4 fully saturated rings. The third-order valence-electron chi connectivity index (χ3n) is 8.16. The molecule has 4 bridgehead atoms. The number of ether oxygens (including phenoxy) is 2. The van der Waals surface area contributed by atoms with Crippen LogP contribution < -0.4 is 27.2 Å². The third-order valence-corrected chi connectivity index (χ3v) is 8.16. The quantitative estimate of drug-likeness (QED) is 0.630. The van der Waals surface area contributed by atoms with Crippen LogP contribution in [0.2, 0.25) is 0 Å². The molecule has 6 rings (SSSR count). The van der Waals surface area contributed by atoms with Crippen LogP contribution in [0.3, 0.4) is 0 Å². The van der Waals surface area contributed by atoms with Gasteiger partial charge in [-0.1, -0.05) is 36.4 Å². The molecule has 0 saturated heterocycles. The molecule has 174 valence electrons. The summed E-state index contributed by atoms with van der Waals surface area (Å²) in [7, 11) is 0. The van der Waals surface area contributed by atoms with Crippen molar-refractivity contribution >= 4 is 0 Å². The Morgan fingerprint density at radius 2 is 1.53 bits per heavy atom. The van der Waals surface area contributed by atoms with Gasteiger partial charge in [0.15, 0.2) is 11.5 Å². The van der Waals surface area contributed by atoms with Crippen LogP contribution >= 0.6 is 0 Å². The number of hydrogen-bond acceptors (Lipinski definition) is 3. The summed E-state index contributed by atoms with van der Waals surface area (Å²) in [6, 6.07) is 17.3. The van der Waals surface area contributed by atoms with E-state index < -0.39 is 0 Å². The van der Waals surface area contributed by atoms with Crippen molar-refractivity contribution in [3.05, 3.63) is 59.7 Å². The van der Waals surface area contributed by atoms with Gasteiger partial charge in [0.05, 0.1) is 6.61 Å². The zero-order valence-electron chi connectivity index (χ0n) is 19.5. The highest BCUT2D eigenvalue weighted by Crippen LogP contribution is 2.61. The van der Waals surface area contributed by atoms with Gasteiger partial charge in [0.2, 0.25) is 0 Å². The van der Waals surface area contributed by atoms with E-state index in [1.807, 2.05) is 25.1 Å². The Morgan fingerprint density at radius 3 is 2.16 bits per heavy atom. The van der Waals surface area contributed by atoms with Crippen LogP contribution in [0, 0.1) is 23.2 Å². The fourth-order valence-corrected chi connectivity index (χ4v) is 6.98. The van der Waals surface area contributed by atoms with Gasteiger partial charge in [-0.3, -0.25) is 0 Å². The third kappa shape index (κ3) is 4.94. The fourth-order valence-electron chi connectivity index (χ4n) is 6.98. The van der Waals surface area contributed by atoms with Gasteiger partial charge in [-0.2, -0.15) is 0 Å². The Kier molecular flexibility index (Phi) is 7.37. The van der Waals surface area contributed by atoms with Gasteiger partial charge >= 0.3 is 0 Å². The lowest BCUT2D eigenvalue weighted by Crippen LogP contribution is -3.00. The molecule has 4 saturated carbocycles. The summed E-state index contributed by atoms with van der Waals surface area (Å²) in [6.07, 6.45) is 8.87. The molecule has 0 aromatic heterocycles. The van der Waals surface area contributed by atoms with Gasteiger partial charge in [-0.25, -0.2) is 0 Å². The van der Waals surface area contributed by atoms with Gasteiger partial charge in [0.25, 0.3) is 0 Å². The Morgan fingerprint density at radius 1 is 0.875 bits per heavy atom. The van der Waals surface area contributed by atoms with Crippen molar-refractivity contribution in [3.8, 4) is 11.5 Å². The van der Waals surface area contributed by atoms with Crippen molar-refractivity contribution in [1.82, 2.24) is 5.32 Å².